The Morgan fingerprint density at radius 2 is 1.97 bits per heavy atom. The summed E-state index contributed by atoms with van der Waals surface area (Å²) in [6, 6.07) is 12.0. The molecule has 0 saturated heterocycles. The first kappa shape index (κ1) is 24.6. The van der Waals surface area contributed by atoms with Gasteiger partial charge < -0.3 is 24.4 Å². The highest BCUT2D eigenvalue weighted by Gasteiger charge is 2.36. The molecule has 0 fully saturated rings. The lowest BCUT2D eigenvalue weighted by molar-refractivity contribution is 0.174. The molecule has 0 bridgehead atoms. The van der Waals surface area contributed by atoms with E-state index in [9.17, 15) is 9.90 Å². The smallest absolute Gasteiger partial charge is 0.322 e. The van der Waals surface area contributed by atoms with Crippen molar-refractivity contribution in [2.45, 2.75) is 24.3 Å². The van der Waals surface area contributed by atoms with Gasteiger partial charge >= 0.3 is 6.03 Å². The van der Waals surface area contributed by atoms with Crippen LogP contribution in [0.3, 0.4) is 0 Å². The zero-order chi connectivity index (χ0) is 24.9. The Labute approximate surface area is 208 Å². The number of aromatic nitrogens is 2. The molecule has 2 amide bonds. The van der Waals surface area contributed by atoms with E-state index in [4.69, 9.17) is 14.0 Å². The Hall–Kier alpha value is -3.50. The third kappa shape index (κ3) is 5.13. The number of aromatic hydroxyl groups is 1. The number of benzene rings is 2. The van der Waals surface area contributed by atoms with E-state index < -0.39 is 6.04 Å². The molecule has 2 heterocycles. The summed E-state index contributed by atoms with van der Waals surface area (Å²) in [7, 11) is 3.11. The molecule has 9 nitrogen and oxygen atoms in total. The van der Waals surface area contributed by atoms with Crippen molar-refractivity contribution in [2.24, 2.45) is 0 Å². The van der Waals surface area contributed by atoms with Gasteiger partial charge in [-0.15, -0.1) is 11.8 Å². The van der Waals surface area contributed by atoms with Crippen LogP contribution in [-0.4, -0.2) is 59.8 Å². The maximum atomic E-state index is 13.0. The van der Waals surface area contributed by atoms with E-state index in [1.165, 1.54) is 7.11 Å². The summed E-state index contributed by atoms with van der Waals surface area (Å²) in [5.74, 6) is 1.06. The summed E-state index contributed by atoms with van der Waals surface area (Å²) in [4.78, 5) is 20.5. The van der Waals surface area contributed by atoms with Crippen LogP contribution in [0.4, 0.5) is 4.79 Å². The van der Waals surface area contributed by atoms with Gasteiger partial charge in [0.1, 0.15) is 0 Å². The first-order valence-corrected chi connectivity index (χ1v) is 12.3. The van der Waals surface area contributed by atoms with Gasteiger partial charge in [-0.05, 0) is 61.6 Å². The van der Waals surface area contributed by atoms with Crippen LogP contribution in [0.25, 0.3) is 17.0 Å². The van der Waals surface area contributed by atoms with Gasteiger partial charge in [-0.2, -0.15) is 4.98 Å². The molecule has 0 aliphatic carbocycles. The Morgan fingerprint density at radius 3 is 2.63 bits per heavy atom. The number of phenolic OH excluding ortho intramolecular Hbond substituents is 1. The zero-order valence-corrected chi connectivity index (χ0v) is 20.9. The fourth-order valence-corrected chi connectivity index (χ4v) is 4.43. The van der Waals surface area contributed by atoms with Gasteiger partial charge in [0.05, 0.1) is 18.7 Å². The van der Waals surface area contributed by atoms with Crippen LogP contribution in [0.1, 0.15) is 30.8 Å². The number of nitrogens with zero attached hydrogens (tertiary/aromatic N) is 3. The molecule has 3 aromatic rings. The second-order valence-electron chi connectivity index (χ2n) is 7.96. The van der Waals surface area contributed by atoms with Gasteiger partial charge in [0.15, 0.2) is 11.5 Å². The average Bonchev–Trinajstić information content (AvgIpc) is 3.35. The highest BCUT2D eigenvalue weighted by Crippen LogP contribution is 2.39. The van der Waals surface area contributed by atoms with Crippen LogP contribution in [0.2, 0.25) is 0 Å². The highest BCUT2D eigenvalue weighted by atomic mass is 32.2. The quantitative estimate of drug-likeness (QED) is 0.324. The molecular formula is C25H28N4O5S. The van der Waals surface area contributed by atoms with Crippen molar-refractivity contribution in [3.8, 4) is 22.9 Å². The van der Waals surface area contributed by atoms with Crippen LogP contribution in [0, 0.1) is 0 Å². The summed E-state index contributed by atoms with van der Waals surface area (Å²) in [6.45, 7) is 2.85. The van der Waals surface area contributed by atoms with Gasteiger partial charge in [-0.1, -0.05) is 11.2 Å². The zero-order valence-electron chi connectivity index (χ0n) is 20.1. The molecule has 35 heavy (non-hydrogen) atoms. The predicted octanol–water partition coefficient (Wildman–Crippen LogP) is 4.71. The molecule has 1 unspecified atom stereocenters. The van der Waals surface area contributed by atoms with E-state index >= 15 is 0 Å². The number of allylic oxidation sites excluding steroid dienone is 1. The maximum Gasteiger partial charge on any atom is 0.322 e. The largest absolute Gasteiger partial charge is 0.504 e. The molecule has 0 radical (unpaired) electrons. The highest BCUT2D eigenvalue weighted by molar-refractivity contribution is 7.98. The first-order valence-electron chi connectivity index (χ1n) is 11.1. The summed E-state index contributed by atoms with van der Waals surface area (Å²) < 4.78 is 16.0. The number of amides is 2. The van der Waals surface area contributed by atoms with Crippen LogP contribution in [0.15, 0.2) is 57.6 Å². The third-order valence-electron chi connectivity index (χ3n) is 5.87. The lowest BCUT2D eigenvalue weighted by atomic mass is 9.94. The van der Waals surface area contributed by atoms with E-state index in [1.54, 1.807) is 42.0 Å². The number of hydrogen-bond donors (Lipinski definition) is 2. The number of phenols is 1. The molecule has 0 spiro atoms. The molecule has 0 saturated carbocycles. The predicted molar refractivity (Wildman–Crippen MR) is 133 cm³/mol. The minimum atomic E-state index is -0.606. The SMILES string of the molecule is COCCCN1C(=O)NC(c2ccc(OC)c(O)c2)C(c2nc(-c3ccc(SC)cc3)no2)=C1C. The van der Waals surface area contributed by atoms with Crippen molar-refractivity contribution in [3.05, 3.63) is 59.6 Å². The van der Waals surface area contributed by atoms with Crippen LogP contribution >= 0.6 is 11.8 Å². The fraction of sp³-hybridized carbons (Fsp3) is 0.320. The lowest BCUT2D eigenvalue weighted by Crippen LogP contribution is -2.46. The molecule has 2 N–H and O–H groups in total. The second kappa shape index (κ2) is 10.8. The normalized spacial score (nSPS) is 15.9. The molecule has 10 heteroatoms. The molecule has 1 atom stereocenters. The number of carbonyl (C=O) groups excluding carboxylic acids is 1. The van der Waals surface area contributed by atoms with Gasteiger partial charge in [0.2, 0.25) is 5.82 Å². The van der Waals surface area contributed by atoms with Gasteiger partial charge in [0.25, 0.3) is 5.89 Å². The van der Waals surface area contributed by atoms with E-state index in [2.05, 4.69) is 15.5 Å². The topological polar surface area (TPSA) is 110 Å². The Bertz CT molecular complexity index is 1220. The average molecular weight is 497 g/mol. The van der Waals surface area contributed by atoms with Crippen molar-refractivity contribution >= 4 is 23.4 Å². The molecule has 4 rings (SSSR count). The van der Waals surface area contributed by atoms with Crippen LogP contribution in [0.5, 0.6) is 11.5 Å². The number of methoxy groups -OCH3 is 2. The number of ether oxygens (including phenoxy) is 2. The summed E-state index contributed by atoms with van der Waals surface area (Å²) in [5, 5.41) is 17.6. The first-order chi connectivity index (χ1) is 17.0. The number of rotatable bonds is 9. The molecular weight excluding hydrogens is 468 g/mol. The Kier molecular flexibility index (Phi) is 7.62. The maximum absolute atomic E-state index is 13.0. The monoisotopic (exact) mass is 496 g/mol. The van der Waals surface area contributed by atoms with Crippen LogP contribution in [-0.2, 0) is 4.74 Å². The van der Waals surface area contributed by atoms with Crippen molar-refractivity contribution in [1.82, 2.24) is 20.4 Å². The summed E-state index contributed by atoms with van der Waals surface area (Å²) in [5.41, 5.74) is 2.84. The number of hydrogen-bond acceptors (Lipinski definition) is 8. The number of nitrogens with one attached hydrogen (secondary N) is 1. The summed E-state index contributed by atoms with van der Waals surface area (Å²) in [6.07, 6.45) is 2.68. The van der Waals surface area contributed by atoms with E-state index in [1.807, 2.05) is 37.4 Å². The minimum absolute atomic E-state index is 0.0288. The second-order valence-corrected chi connectivity index (χ2v) is 8.84. The fourth-order valence-electron chi connectivity index (χ4n) is 4.02. The number of carbonyl (C=O) groups is 1. The molecule has 1 aliphatic heterocycles. The van der Waals surface area contributed by atoms with E-state index in [-0.39, 0.29) is 11.8 Å². The number of thioether (sulfide) groups is 1. The Balaban J connectivity index is 1.76. The lowest BCUT2D eigenvalue weighted by Gasteiger charge is -2.35. The Morgan fingerprint density at radius 1 is 1.20 bits per heavy atom. The summed E-state index contributed by atoms with van der Waals surface area (Å²) >= 11 is 1.66. The van der Waals surface area contributed by atoms with Crippen molar-refractivity contribution < 1.29 is 23.9 Å². The van der Waals surface area contributed by atoms with Gasteiger partial charge in [-0.3, -0.25) is 4.90 Å². The number of urea groups is 1. The van der Waals surface area contributed by atoms with E-state index in [0.717, 1.165) is 10.5 Å². The van der Waals surface area contributed by atoms with Crippen molar-refractivity contribution in [1.29, 1.82) is 0 Å². The molecule has 2 aromatic carbocycles. The van der Waals surface area contributed by atoms with Gasteiger partial charge in [-0.25, -0.2) is 4.79 Å². The van der Waals surface area contributed by atoms with Crippen molar-refractivity contribution in [2.75, 3.05) is 33.6 Å². The third-order valence-corrected chi connectivity index (χ3v) is 6.61. The van der Waals surface area contributed by atoms with Crippen LogP contribution < -0.4 is 10.1 Å². The van der Waals surface area contributed by atoms with Crippen molar-refractivity contribution in [3.63, 3.8) is 0 Å². The minimum Gasteiger partial charge on any atom is -0.504 e. The molecule has 184 valence electrons. The standard InChI is InChI=1S/C25H28N4O5S/c1-15-21(24-27-23(28-34-24)16-6-9-18(35-4)10-7-16)22(17-8-11-20(33-3)19(30)14-17)26-25(31)29(15)12-5-13-32-2/h6-11,14,22,30H,5,12-13H2,1-4H3,(H,26,31). The van der Waals surface area contributed by atoms with E-state index in [0.29, 0.717) is 53.9 Å². The molecule has 1 aliphatic rings. The van der Waals surface area contributed by atoms with Gasteiger partial charge in [0, 0.05) is 36.4 Å². The molecule has 1 aromatic heterocycles.